The van der Waals surface area contributed by atoms with Gasteiger partial charge in [0.25, 0.3) is 0 Å². The van der Waals surface area contributed by atoms with Gasteiger partial charge in [-0.15, -0.1) is 0 Å². The fourth-order valence-electron chi connectivity index (χ4n) is 1.68. The highest BCUT2D eigenvalue weighted by Gasteiger charge is 2.08. The molecule has 84 valence electrons. The number of nitrogens with zero attached hydrogens (tertiary/aromatic N) is 1. The third-order valence-electron chi connectivity index (χ3n) is 2.47. The van der Waals surface area contributed by atoms with E-state index in [1.807, 2.05) is 24.3 Å². The monoisotopic (exact) mass is 216 g/mol. The minimum Gasteiger partial charge on any atom is -0.492 e. The van der Waals surface area contributed by atoms with Crippen molar-refractivity contribution in [3.63, 3.8) is 0 Å². The lowest BCUT2D eigenvalue weighted by Crippen LogP contribution is -2.04. The van der Waals surface area contributed by atoms with Gasteiger partial charge in [0.1, 0.15) is 5.75 Å². The van der Waals surface area contributed by atoms with Crippen LogP contribution in [0, 0.1) is 0 Å². The Morgan fingerprint density at radius 2 is 2.12 bits per heavy atom. The maximum absolute atomic E-state index is 5.77. The minimum absolute atomic E-state index is 0.455. The third-order valence-corrected chi connectivity index (χ3v) is 2.47. The molecular weight excluding hydrogens is 200 g/mol. The number of fused-ring (bicyclic) bond motifs is 1. The first-order chi connectivity index (χ1) is 7.86. The summed E-state index contributed by atoms with van der Waals surface area (Å²) in [4.78, 5) is 4.36. The standard InChI is InChI=1S/C13H16N2O/c1-2-7-16-13-10(8-14)9-15-12-6-4-3-5-11(12)13/h3-6,9H,2,7-8,14H2,1H3. The summed E-state index contributed by atoms with van der Waals surface area (Å²) in [5.41, 5.74) is 7.61. The number of para-hydroxylation sites is 1. The van der Waals surface area contributed by atoms with E-state index in [0.29, 0.717) is 13.2 Å². The highest BCUT2D eigenvalue weighted by Crippen LogP contribution is 2.27. The Morgan fingerprint density at radius 1 is 1.31 bits per heavy atom. The molecule has 3 nitrogen and oxygen atoms in total. The lowest BCUT2D eigenvalue weighted by molar-refractivity contribution is 0.318. The smallest absolute Gasteiger partial charge is 0.134 e. The molecule has 0 spiro atoms. The number of nitrogens with two attached hydrogens (primary N) is 1. The van der Waals surface area contributed by atoms with Crippen LogP contribution in [-0.4, -0.2) is 11.6 Å². The molecule has 16 heavy (non-hydrogen) atoms. The summed E-state index contributed by atoms with van der Waals surface area (Å²) in [5.74, 6) is 0.884. The number of rotatable bonds is 4. The predicted molar refractivity (Wildman–Crippen MR) is 65.4 cm³/mol. The van der Waals surface area contributed by atoms with E-state index >= 15 is 0 Å². The summed E-state index contributed by atoms with van der Waals surface area (Å²) in [5, 5.41) is 1.04. The molecule has 0 atom stereocenters. The normalized spacial score (nSPS) is 10.6. The van der Waals surface area contributed by atoms with Gasteiger partial charge < -0.3 is 10.5 Å². The molecule has 2 rings (SSSR count). The number of aromatic nitrogens is 1. The van der Waals surface area contributed by atoms with Gasteiger partial charge in [-0.25, -0.2) is 0 Å². The maximum Gasteiger partial charge on any atom is 0.134 e. The molecule has 0 radical (unpaired) electrons. The molecule has 0 aliphatic rings. The van der Waals surface area contributed by atoms with Crippen molar-refractivity contribution >= 4 is 10.9 Å². The Kier molecular flexibility index (Phi) is 3.37. The first kappa shape index (κ1) is 10.9. The molecule has 0 saturated heterocycles. The van der Waals surface area contributed by atoms with Crippen molar-refractivity contribution in [1.29, 1.82) is 0 Å². The van der Waals surface area contributed by atoms with Gasteiger partial charge in [0.05, 0.1) is 12.1 Å². The van der Waals surface area contributed by atoms with E-state index in [4.69, 9.17) is 10.5 Å². The van der Waals surface area contributed by atoms with Crippen LogP contribution in [0.25, 0.3) is 10.9 Å². The van der Waals surface area contributed by atoms with Crippen LogP contribution in [0.3, 0.4) is 0 Å². The van der Waals surface area contributed by atoms with E-state index in [1.165, 1.54) is 0 Å². The van der Waals surface area contributed by atoms with E-state index in [2.05, 4.69) is 11.9 Å². The number of hydrogen-bond acceptors (Lipinski definition) is 3. The number of ether oxygens (including phenoxy) is 1. The number of benzene rings is 1. The van der Waals surface area contributed by atoms with Crippen molar-refractivity contribution in [3.05, 3.63) is 36.0 Å². The Bertz CT molecular complexity index is 482. The molecule has 1 aromatic carbocycles. The van der Waals surface area contributed by atoms with Crippen molar-refractivity contribution in [2.45, 2.75) is 19.9 Å². The zero-order valence-corrected chi connectivity index (χ0v) is 9.44. The summed E-state index contributed by atoms with van der Waals surface area (Å²) in [6, 6.07) is 7.96. The molecule has 1 aromatic heterocycles. The molecule has 2 N–H and O–H groups in total. The van der Waals surface area contributed by atoms with Crippen molar-refractivity contribution in [3.8, 4) is 5.75 Å². The van der Waals surface area contributed by atoms with Crippen LogP contribution in [0.2, 0.25) is 0 Å². The van der Waals surface area contributed by atoms with Crippen LogP contribution in [0.15, 0.2) is 30.5 Å². The molecule has 0 bridgehead atoms. The highest BCUT2D eigenvalue weighted by atomic mass is 16.5. The molecular formula is C13H16N2O. The maximum atomic E-state index is 5.77. The highest BCUT2D eigenvalue weighted by molar-refractivity contribution is 5.86. The van der Waals surface area contributed by atoms with Gasteiger partial charge in [0, 0.05) is 23.7 Å². The molecule has 0 unspecified atom stereocenters. The second-order valence-electron chi connectivity index (χ2n) is 3.68. The van der Waals surface area contributed by atoms with Gasteiger partial charge in [0.15, 0.2) is 0 Å². The molecule has 0 fully saturated rings. The molecule has 1 heterocycles. The Hall–Kier alpha value is -1.61. The summed E-state index contributed by atoms with van der Waals surface area (Å²) in [6.45, 7) is 3.25. The zero-order chi connectivity index (χ0) is 11.4. The Balaban J connectivity index is 2.54. The molecule has 0 saturated carbocycles. The van der Waals surface area contributed by atoms with Crippen molar-refractivity contribution in [1.82, 2.24) is 4.98 Å². The van der Waals surface area contributed by atoms with Crippen LogP contribution >= 0.6 is 0 Å². The zero-order valence-electron chi connectivity index (χ0n) is 9.44. The van der Waals surface area contributed by atoms with Crippen molar-refractivity contribution in [2.24, 2.45) is 5.73 Å². The average Bonchev–Trinajstić information content (AvgIpc) is 2.35. The first-order valence-electron chi connectivity index (χ1n) is 5.56. The minimum atomic E-state index is 0.455. The summed E-state index contributed by atoms with van der Waals surface area (Å²) < 4.78 is 5.77. The summed E-state index contributed by atoms with van der Waals surface area (Å²) >= 11 is 0. The topological polar surface area (TPSA) is 48.1 Å². The van der Waals surface area contributed by atoms with E-state index in [-0.39, 0.29) is 0 Å². The summed E-state index contributed by atoms with van der Waals surface area (Å²) in [6.07, 6.45) is 2.79. The third kappa shape index (κ3) is 1.99. The molecule has 2 aromatic rings. The average molecular weight is 216 g/mol. The SMILES string of the molecule is CCCOc1c(CN)cnc2ccccc12. The van der Waals surface area contributed by atoms with Gasteiger partial charge >= 0.3 is 0 Å². The molecule has 0 aliphatic carbocycles. The Morgan fingerprint density at radius 3 is 2.88 bits per heavy atom. The van der Waals surface area contributed by atoms with Gasteiger partial charge in [-0.05, 0) is 18.6 Å². The molecule has 3 heteroatoms. The lowest BCUT2D eigenvalue weighted by atomic mass is 10.1. The van der Waals surface area contributed by atoms with Gasteiger partial charge in [-0.2, -0.15) is 0 Å². The summed E-state index contributed by atoms with van der Waals surface area (Å²) in [7, 11) is 0. The van der Waals surface area contributed by atoms with Gasteiger partial charge in [-0.3, -0.25) is 4.98 Å². The van der Waals surface area contributed by atoms with E-state index in [9.17, 15) is 0 Å². The second kappa shape index (κ2) is 4.94. The van der Waals surface area contributed by atoms with E-state index < -0.39 is 0 Å². The Labute approximate surface area is 95.2 Å². The fourth-order valence-corrected chi connectivity index (χ4v) is 1.68. The van der Waals surface area contributed by atoms with Crippen LogP contribution in [-0.2, 0) is 6.54 Å². The van der Waals surface area contributed by atoms with Crippen LogP contribution in [0.5, 0.6) is 5.75 Å². The van der Waals surface area contributed by atoms with E-state index in [0.717, 1.165) is 28.6 Å². The van der Waals surface area contributed by atoms with Crippen molar-refractivity contribution in [2.75, 3.05) is 6.61 Å². The number of hydrogen-bond donors (Lipinski definition) is 1. The van der Waals surface area contributed by atoms with Gasteiger partial charge in [0.2, 0.25) is 0 Å². The van der Waals surface area contributed by atoms with Crippen LogP contribution in [0.4, 0.5) is 0 Å². The molecule has 0 amide bonds. The first-order valence-corrected chi connectivity index (χ1v) is 5.56. The predicted octanol–water partition coefficient (Wildman–Crippen LogP) is 2.48. The molecule has 0 aliphatic heterocycles. The largest absolute Gasteiger partial charge is 0.492 e. The van der Waals surface area contributed by atoms with Crippen molar-refractivity contribution < 1.29 is 4.74 Å². The van der Waals surface area contributed by atoms with Crippen LogP contribution in [0.1, 0.15) is 18.9 Å². The van der Waals surface area contributed by atoms with Crippen LogP contribution < -0.4 is 10.5 Å². The van der Waals surface area contributed by atoms with Gasteiger partial charge in [-0.1, -0.05) is 19.1 Å². The van der Waals surface area contributed by atoms with E-state index in [1.54, 1.807) is 6.20 Å². The second-order valence-corrected chi connectivity index (χ2v) is 3.68. The fraction of sp³-hybridized carbons (Fsp3) is 0.308. The number of pyridine rings is 1. The lowest BCUT2D eigenvalue weighted by Gasteiger charge is -2.12. The quantitative estimate of drug-likeness (QED) is 0.854.